The van der Waals surface area contributed by atoms with Gasteiger partial charge in [-0.25, -0.2) is 12.8 Å². The smallest absolute Gasteiger partial charge is 0.244 e. The Morgan fingerprint density at radius 2 is 1.59 bits per heavy atom. The van der Waals surface area contributed by atoms with Crippen LogP contribution < -0.4 is 14.4 Å². The second-order valence-corrected chi connectivity index (χ2v) is 10.3. The van der Waals surface area contributed by atoms with Crippen molar-refractivity contribution >= 4 is 27.5 Å². The van der Waals surface area contributed by atoms with Crippen molar-refractivity contribution in [2.24, 2.45) is 0 Å². The molecule has 37 heavy (non-hydrogen) atoms. The highest BCUT2D eigenvalue weighted by molar-refractivity contribution is 7.92. The minimum absolute atomic E-state index is 0.155. The average Bonchev–Trinajstić information content (AvgIpc) is 2.89. The summed E-state index contributed by atoms with van der Waals surface area (Å²) in [7, 11) is -0.951. The van der Waals surface area contributed by atoms with Crippen molar-refractivity contribution in [3.63, 3.8) is 0 Å². The Kier molecular flexibility index (Phi) is 9.24. The number of nitrogens with one attached hydrogen (secondary N) is 1. The number of sulfonamides is 1. The van der Waals surface area contributed by atoms with E-state index < -0.39 is 40.2 Å². The lowest BCUT2D eigenvalue weighted by molar-refractivity contribution is -0.139. The summed E-state index contributed by atoms with van der Waals surface area (Å²) in [5, 5.41) is 2.58. The number of benzene rings is 3. The van der Waals surface area contributed by atoms with Crippen LogP contribution in [0.15, 0.2) is 78.9 Å². The first-order valence-electron chi connectivity index (χ1n) is 11.5. The lowest BCUT2D eigenvalue weighted by atomic mass is 10.0. The SMILES string of the molecule is CNC(=O)C(Cc1ccccc1)N(Cc1ccccc1F)C(=O)CN(c1ccc(OC)cc1)S(C)(=O)=O. The second-order valence-electron chi connectivity index (χ2n) is 8.40. The van der Waals surface area contributed by atoms with Crippen molar-refractivity contribution < 1.29 is 27.1 Å². The summed E-state index contributed by atoms with van der Waals surface area (Å²) in [6, 6.07) is 20.2. The lowest BCUT2D eigenvalue weighted by Gasteiger charge is -2.33. The van der Waals surface area contributed by atoms with Gasteiger partial charge in [-0.1, -0.05) is 48.5 Å². The molecule has 0 aromatic heterocycles. The fraction of sp³-hybridized carbons (Fsp3) is 0.259. The fourth-order valence-electron chi connectivity index (χ4n) is 3.89. The first-order chi connectivity index (χ1) is 17.6. The van der Waals surface area contributed by atoms with E-state index in [1.165, 1.54) is 49.4 Å². The molecule has 0 aliphatic carbocycles. The third kappa shape index (κ3) is 7.29. The molecule has 0 aliphatic heterocycles. The van der Waals surface area contributed by atoms with Crippen molar-refractivity contribution in [2.75, 3.05) is 31.3 Å². The molecule has 0 heterocycles. The molecule has 2 amide bonds. The van der Waals surface area contributed by atoms with Gasteiger partial charge in [-0.15, -0.1) is 0 Å². The average molecular weight is 528 g/mol. The Morgan fingerprint density at radius 3 is 2.16 bits per heavy atom. The maximum atomic E-state index is 14.6. The maximum absolute atomic E-state index is 14.6. The van der Waals surface area contributed by atoms with Crippen LogP contribution in [0.25, 0.3) is 0 Å². The summed E-state index contributed by atoms with van der Waals surface area (Å²) in [4.78, 5) is 28.0. The van der Waals surface area contributed by atoms with E-state index >= 15 is 0 Å². The Labute approximate surface area is 216 Å². The third-order valence-corrected chi connectivity index (χ3v) is 7.00. The molecule has 1 N–H and O–H groups in total. The topological polar surface area (TPSA) is 96.0 Å². The number of carbonyl (C=O) groups excluding carboxylic acids is 2. The highest BCUT2D eigenvalue weighted by atomic mass is 32.2. The summed E-state index contributed by atoms with van der Waals surface area (Å²) < 4.78 is 46.1. The van der Waals surface area contributed by atoms with E-state index in [0.717, 1.165) is 16.1 Å². The molecule has 3 aromatic rings. The van der Waals surface area contributed by atoms with Crippen molar-refractivity contribution in [1.29, 1.82) is 0 Å². The molecule has 196 valence electrons. The normalized spacial score (nSPS) is 11.9. The first-order valence-corrected chi connectivity index (χ1v) is 13.4. The number of hydrogen-bond acceptors (Lipinski definition) is 5. The van der Waals surface area contributed by atoms with Crippen LogP contribution in [-0.2, 0) is 32.6 Å². The van der Waals surface area contributed by atoms with Gasteiger partial charge in [-0.05, 0) is 35.9 Å². The van der Waals surface area contributed by atoms with Crippen LogP contribution >= 0.6 is 0 Å². The molecule has 0 aliphatic rings. The van der Waals surface area contributed by atoms with Crippen LogP contribution in [0.3, 0.4) is 0 Å². The standard InChI is InChI=1S/C27H30FN3O5S/c1-29-27(33)25(17-20-9-5-4-6-10-20)30(18-21-11-7-8-12-24(21)28)26(32)19-31(37(3,34)35)22-13-15-23(36-2)16-14-22/h4-16,25H,17-19H2,1-3H3,(H,29,33). The van der Waals surface area contributed by atoms with Crippen LogP contribution in [0.1, 0.15) is 11.1 Å². The monoisotopic (exact) mass is 527 g/mol. The number of likely N-dealkylation sites (N-methyl/N-ethyl adjacent to an activating group) is 1. The molecular weight excluding hydrogens is 497 g/mol. The minimum Gasteiger partial charge on any atom is -0.497 e. The second kappa shape index (κ2) is 12.4. The van der Waals surface area contributed by atoms with Gasteiger partial charge in [0.1, 0.15) is 24.2 Å². The molecule has 1 unspecified atom stereocenters. The van der Waals surface area contributed by atoms with Gasteiger partial charge in [-0.2, -0.15) is 0 Å². The van der Waals surface area contributed by atoms with Gasteiger partial charge in [0.15, 0.2) is 0 Å². The van der Waals surface area contributed by atoms with E-state index in [-0.39, 0.29) is 24.2 Å². The summed E-state index contributed by atoms with van der Waals surface area (Å²) in [5.74, 6) is -1.13. The Hall–Kier alpha value is -3.92. The zero-order chi connectivity index (χ0) is 27.0. The molecule has 1 atom stereocenters. The molecule has 10 heteroatoms. The van der Waals surface area contributed by atoms with Crippen LogP contribution in [0, 0.1) is 5.82 Å². The first kappa shape index (κ1) is 27.7. The van der Waals surface area contributed by atoms with E-state index in [4.69, 9.17) is 4.74 Å². The van der Waals surface area contributed by atoms with Crippen LogP contribution in [0.4, 0.5) is 10.1 Å². The molecule has 0 bridgehead atoms. The molecule has 0 fully saturated rings. The minimum atomic E-state index is -3.89. The van der Waals surface area contributed by atoms with E-state index in [0.29, 0.717) is 5.75 Å². The van der Waals surface area contributed by atoms with Gasteiger partial charge in [0.05, 0.1) is 19.1 Å². The number of anilines is 1. The zero-order valence-corrected chi connectivity index (χ0v) is 21.7. The number of rotatable bonds is 11. The highest BCUT2D eigenvalue weighted by Gasteiger charge is 2.33. The Bertz CT molecular complexity index is 1320. The Balaban J connectivity index is 2.02. The van der Waals surface area contributed by atoms with Crippen molar-refractivity contribution in [1.82, 2.24) is 10.2 Å². The molecule has 3 rings (SSSR count). The van der Waals surface area contributed by atoms with Gasteiger partial charge in [0, 0.05) is 25.6 Å². The molecule has 0 radical (unpaired) electrons. The molecule has 0 saturated heterocycles. The zero-order valence-electron chi connectivity index (χ0n) is 20.9. The number of carbonyl (C=O) groups is 2. The molecule has 0 saturated carbocycles. The van der Waals surface area contributed by atoms with Crippen LogP contribution in [-0.4, -0.2) is 58.1 Å². The summed E-state index contributed by atoms with van der Waals surface area (Å²) in [6.45, 7) is -0.807. The Morgan fingerprint density at radius 1 is 0.973 bits per heavy atom. The van der Waals surface area contributed by atoms with Gasteiger partial charge >= 0.3 is 0 Å². The van der Waals surface area contributed by atoms with Crippen molar-refractivity contribution in [3.8, 4) is 5.75 Å². The number of amides is 2. The summed E-state index contributed by atoms with van der Waals surface area (Å²) >= 11 is 0. The lowest BCUT2D eigenvalue weighted by Crippen LogP contribution is -2.53. The van der Waals surface area contributed by atoms with Crippen molar-refractivity contribution in [3.05, 3.63) is 95.8 Å². The molecule has 8 nitrogen and oxygen atoms in total. The highest BCUT2D eigenvalue weighted by Crippen LogP contribution is 2.23. The predicted molar refractivity (Wildman–Crippen MR) is 140 cm³/mol. The van der Waals surface area contributed by atoms with Crippen molar-refractivity contribution in [2.45, 2.75) is 19.0 Å². The van der Waals surface area contributed by atoms with Gasteiger partial charge in [0.25, 0.3) is 0 Å². The fourth-order valence-corrected chi connectivity index (χ4v) is 4.74. The van der Waals surface area contributed by atoms with E-state index in [1.807, 2.05) is 30.3 Å². The van der Waals surface area contributed by atoms with Crippen LogP contribution in [0.5, 0.6) is 5.75 Å². The van der Waals surface area contributed by atoms with Gasteiger partial charge in [-0.3, -0.25) is 13.9 Å². The summed E-state index contributed by atoms with van der Waals surface area (Å²) in [6.07, 6.45) is 1.15. The van der Waals surface area contributed by atoms with Crippen LogP contribution in [0.2, 0.25) is 0 Å². The number of nitrogens with zero attached hydrogens (tertiary/aromatic N) is 2. The summed E-state index contributed by atoms with van der Waals surface area (Å²) in [5.41, 5.74) is 1.24. The number of hydrogen-bond donors (Lipinski definition) is 1. The van der Waals surface area contributed by atoms with E-state index in [2.05, 4.69) is 5.32 Å². The van der Waals surface area contributed by atoms with Gasteiger partial charge < -0.3 is 15.0 Å². The molecule has 3 aromatic carbocycles. The molecule has 0 spiro atoms. The largest absolute Gasteiger partial charge is 0.497 e. The molecular formula is C27H30FN3O5S. The van der Waals surface area contributed by atoms with E-state index in [1.54, 1.807) is 18.2 Å². The quantitative estimate of drug-likeness (QED) is 0.414. The number of ether oxygens (including phenoxy) is 1. The van der Waals surface area contributed by atoms with E-state index in [9.17, 15) is 22.4 Å². The predicted octanol–water partition coefficient (Wildman–Crippen LogP) is 2.99. The third-order valence-electron chi connectivity index (χ3n) is 5.86. The van der Waals surface area contributed by atoms with Gasteiger partial charge in [0.2, 0.25) is 21.8 Å². The maximum Gasteiger partial charge on any atom is 0.244 e. The number of methoxy groups -OCH3 is 1. The number of halogens is 1.